The van der Waals surface area contributed by atoms with E-state index in [1.165, 1.54) is 12.1 Å². The lowest BCUT2D eigenvalue weighted by Crippen LogP contribution is -3.00. The molecule has 0 saturated carbocycles. The molecular formula is C17H11ClFN3O. The van der Waals surface area contributed by atoms with E-state index in [1.807, 2.05) is 0 Å². The molecule has 2 heterocycles. The average Bonchev–Trinajstić information content (AvgIpc) is 2.54. The molecule has 0 fully saturated rings. The van der Waals surface area contributed by atoms with Gasteiger partial charge in [0.15, 0.2) is 11.9 Å². The number of hydrogen-bond donors (Lipinski definition) is 0. The molecule has 0 aliphatic carbocycles. The summed E-state index contributed by atoms with van der Waals surface area (Å²) in [6, 6.07) is 9.56. The molecule has 0 radical (unpaired) electrons. The van der Waals surface area contributed by atoms with Gasteiger partial charge < -0.3 is 17.1 Å². The summed E-state index contributed by atoms with van der Waals surface area (Å²) in [5.41, 5.74) is 0.488. The maximum absolute atomic E-state index is 13.7. The second-order valence-corrected chi connectivity index (χ2v) is 4.34. The van der Waals surface area contributed by atoms with E-state index in [1.54, 1.807) is 49.1 Å². The molecule has 0 amide bonds. The van der Waals surface area contributed by atoms with Crippen LogP contribution < -0.4 is 22.1 Å². The molecular weight excluding hydrogens is 317 g/mol. The minimum atomic E-state index is -0.421. The van der Waals surface area contributed by atoms with E-state index >= 15 is 0 Å². The fraction of sp³-hybridized carbons (Fsp3) is 0. The third-order valence-corrected chi connectivity index (χ3v) is 2.67. The first kappa shape index (κ1) is 16.4. The zero-order chi connectivity index (χ0) is 15.2. The zero-order valence-corrected chi connectivity index (χ0v) is 12.6. The van der Waals surface area contributed by atoms with Gasteiger partial charge in [0.2, 0.25) is 12.0 Å². The minimum absolute atomic E-state index is 0. The molecule has 4 nitrogen and oxygen atoms in total. The standard InChI is InChI=1S/C17H10FN3O.ClH/c18-14-9-13(4-5-17-20-7-2-8-21-17)10-16(11-14)22-15-3-1-6-19-12-15;/h1-3,6-12H;1H. The number of H-pyrrole nitrogens is 1. The lowest BCUT2D eigenvalue weighted by molar-refractivity contribution is -0.378. The number of aromatic amines is 1. The highest BCUT2D eigenvalue weighted by Crippen LogP contribution is 2.22. The Morgan fingerprint density at radius 2 is 1.83 bits per heavy atom. The van der Waals surface area contributed by atoms with Crippen LogP contribution in [0.25, 0.3) is 0 Å². The molecule has 6 heteroatoms. The van der Waals surface area contributed by atoms with Crippen LogP contribution in [0.15, 0.2) is 61.2 Å². The molecule has 2 aromatic heterocycles. The molecule has 0 aliphatic rings. The first-order valence-electron chi connectivity index (χ1n) is 6.53. The van der Waals surface area contributed by atoms with Crippen molar-refractivity contribution in [3.63, 3.8) is 0 Å². The van der Waals surface area contributed by atoms with Gasteiger partial charge in [-0.2, -0.15) is 0 Å². The number of hydrogen-bond acceptors (Lipinski definition) is 3. The van der Waals surface area contributed by atoms with Crippen LogP contribution in [0.3, 0.4) is 0 Å². The zero-order valence-electron chi connectivity index (χ0n) is 11.8. The van der Waals surface area contributed by atoms with E-state index in [9.17, 15) is 4.39 Å². The Labute approximate surface area is 138 Å². The molecule has 23 heavy (non-hydrogen) atoms. The number of aromatic nitrogens is 3. The summed E-state index contributed by atoms with van der Waals surface area (Å²) in [6.45, 7) is 0. The van der Waals surface area contributed by atoms with Crippen molar-refractivity contribution >= 4 is 0 Å². The molecule has 3 aromatic rings. The molecule has 3 rings (SSSR count). The van der Waals surface area contributed by atoms with Gasteiger partial charge in [-0.3, -0.25) is 0 Å². The monoisotopic (exact) mass is 327 g/mol. The van der Waals surface area contributed by atoms with E-state index in [-0.39, 0.29) is 12.4 Å². The highest BCUT2D eigenvalue weighted by Gasteiger charge is 2.03. The van der Waals surface area contributed by atoms with Gasteiger partial charge in [0.05, 0.1) is 0 Å². The van der Waals surface area contributed by atoms with Crippen molar-refractivity contribution in [2.24, 2.45) is 0 Å². The third kappa shape index (κ3) is 4.77. The molecule has 114 valence electrons. The van der Waals surface area contributed by atoms with Gasteiger partial charge in [-0.05, 0) is 30.2 Å². The molecule has 0 spiro atoms. The average molecular weight is 328 g/mol. The van der Waals surface area contributed by atoms with Gasteiger partial charge in [0.25, 0.3) is 0 Å². The highest BCUT2D eigenvalue weighted by atomic mass is 35.5. The Kier molecular flexibility index (Phi) is 5.61. The molecule has 0 atom stereocenters. The van der Waals surface area contributed by atoms with E-state index in [0.29, 0.717) is 22.9 Å². The van der Waals surface area contributed by atoms with E-state index in [0.717, 1.165) is 0 Å². The number of pyridine rings is 1. The summed E-state index contributed by atoms with van der Waals surface area (Å²) in [5, 5.41) is 0. The van der Waals surface area contributed by atoms with Crippen molar-refractivity contribution in [3.8, 4) is 23.3 Å². The molecule has 0 bridgehead atoms. The van der Waals surface area contributed by atoms with Crippen LogP contribution >= 0.6 is 0 Å². The Morgan fingerprint density at radius 1 is 1.00 bits per heavy atom. The van der Waals surface area contributed by atoms with Crippen LogP contribution in [-0.2, 0) is 0 Å². The lowest BCUT2D eigenvalue weighted by Gasteiger charge is -2.04. The van der Waals surface area contributed by atoms with E-state index in [2.05, 4.69) is 26.8 Å². The van der Waals surface area contributed by atoms with E-state index < -0.39 is 5.82 Å². The topological polar surface area (TPSA) is 49.2 Å². The Balaban J connectivity index is 0.00000192. The van der Waals surface area contributed by atoms with Gasteiger partial charge in [-0.1, -0.05) is 5.92 Å². The van der Waals surface area contributed by atoms with Crippen molar-refractivity contribution in [2.75, 3.05) is 0 Å². The van der Waals surface area contributed by atoms with Crippen LogP contribution in [0.2, 0.25) is 0 Å². The number of rotatable bonds is 2. The summed E-state index contributed by atoms with van der Waals surface area (Å²) in [6.07, 6.45) is 6.63. The quantitative estimate of drug-likeness (QED) is 0.603. The van der Waals surface area contributed by atoms with Crippen molar-refractivity contribution < 1.29 is 26.5 Å². The fourth-order valence-corrected chi connectivity index (χ4v) is 1.76. The number of nitrogens with zero attached hydrogens (tertiary/aromatic N) is 2. The van der Waals surface area contributed by atoms with Crippen LogP contribution in [0, 0.1) is 17.7 Å². The first-order chi connectivity index (χ1) is 10.8. The number of halogens is 2. The molecule has 0 saturated heterocycles. The molecule has 1 N–H and O–H groups in total. The molecule has 0 unspecified atom stereocenters. The first-order valence-corrected chi connectivity index (χ1v) is 6.53. The van der Waals surface area contributed by atoms with Gasteiger partial charge >= 0.3 is 0 Å². The predicted molar refractivity (Wildman–Crippen MR) is 77.5 cm³/mol. The largest absolute Gasteiger partial charge is 1.00 e. The summed E-state index contributed by atoms with van der Waals surface area (Å²) in [5.74, 6) is 6.52. The Morgan fingerprint density at radius 3 is 2.57 bits per heavy atom. The second kappa shape index (κ2) is 7.87. The highest BCUT2D eigenvalue weighted by molar-refractivity contribution is 5.43. The summed E-state index contributed by atoms with van der Waals surface area (Å²) >= 11 is 0. The number of ether oxygens (including phenoxy) is 1. The van der Waals surface area contributed by atoms with Crippen molar-refractivity contribution in [1.29, 1.82) is 0 Å². The Hall–Kier alpha value is -2.97. The number of benzene rings is 1. The maximum Gasteiger partial charge on any atom is 0.210 e. The van der Waals surface area contributed by atoms with Crippen LogP contribution in [0.4, 0.5) is 4.39 Å². The maximum atomic E-state index is 13.7. The third-order valence-electron chi connectivity index (χ3n) is 2.67. The van der Waals surface area contributed by atoms with Gasteiger partial charge in [0.1, 0.15) is 11.6 Å². The van der Waals surface area contributed by atoms with Crippen LogP contribution in [0.5, 0.6) is 11.5 Å². The van der Waals surface area contributed by atoms with Gasteiger partial charge in [0, 0.05) is 30.1 Å². The van der Waals surface area contributed by atoms with Crippen molar-refractivity contribution in [2.45, 2.75) is 0 Å². The van der Waals surface area contributed by atoms with Gasteiger partial charge in [-0.15, -0.1) is 0 Å². The summed E-state index contributed by atoms with van der Waals surface area (Å²) in [4.78, 5) is 10.9. The van der Waals surface area contributed by atoms with Crippen LogP contribution in [0.1, 0.15) is 11.4 Å². The molecule has 1 aromatic carbocycles. The van der Waals surface area contributed by atoms with Gasteiger partial charge in [-0.25, -0.2) is 19.3 Å². The summed E-state index contributed by atoms with van der Waals surface area (Å²) < 4.78 is 19.3. The number of nitrogens with one attached hydrogen (secondary N) is 1. The van der Waals surface area contributed by atoms with E-state index in [4.69, 9.17) is 4.74 Å². The second-order valence-electron chi connectivity index (χ2n) is 4.34. The fourth-order valence-electron chi connectivity index (χ4n) is 1.76. The Bertz CT molecular complexity index is 833. The SMILES string of the molecule is Fc1cc(C#Cc2ncccn2)cc(Oc2ccc[nH+]c2)c1.[Cl-]. The normalized spacial score (nSPS) is 9.26. The molecule has 0 aliphatic heterocycles. The lowest BCUT2D eigenvalue weighted by atomic mass is 10.2. The summed E-state index contributed by atoms with van der Waals surface area (Å²) in [7, 11) is 0. The van der Waals surface area contributed by atoms with Crippen molar-refractivity contribution in [1.82, 2.24) is 9.97 Å². The smallest absolute Gasteiger partial charge is 0.210 e. The predicted octanol–water partition coefficient (Wildman–Crippen LogP) is -0.374. The van der Waals surface area contributed by atoms with Crippen LogP contribution in [-0.4, -0.2) is 9.97 Å². The van der Waals surface area contributed by atoms with Crippen molar-refractivity contribution in [3.05, 3.63) is 78.4 Å². The minimum Gasteiger partial charge on any atom is -1.00 e.